The number of thiazole rings is 1. The van der Waals surface area contributed by atoms with Crippen LogP contribution in [-0.2, 0) is 25.9 Å². The van der Waals surface area contributed by atoms with Crippen molar-refractivity contribution < 1.29 is 28.5 Å². The Morgan fingerprint density at radius 3 is 1.88 bits per heavy atom. The average molecular weight is 606 g/mol. The number of nitrogens with zero attached hydrogens (tertiary/aromatic N) is 2. The van der Waals surface area contributed by atoms with Crippen LogP contribution in [0.4, 0.5) is 0 Å². The van der Waals surface area contributed by atoms with Gasteiger partial charge < -0.3 is 29.0 Å². The van der Waals surface area contributed by atoms with Gasteiger partial charge in [0.1, 0.15) is 16.5 Å². The zero-order valence-electron chi connectivity index (χ0n) is 25.3. The molecular formula is C33H39N3O6S. The lowest BCUT2D eigenvalue weighted by Gasteiger charge is -2.22. The van der Waals surface area contributed by atoms with Crippen LogP contribution in [0, 0.1) is 0 Å². The van der Waals surface area contributed by atoms with Crippen LogP contribution in [0.2, 0.25) is 0 Å². The third-order valence-corrected chi connectivity index (χ3v) is 7.85. The lowest BCUT2D eigenvalue weighted by atomic mass is 10.1. The largest absolute Gasteiger partial charge is 0.497 e. The maximum absolute atomic E-state index is 12.9. The number of methoxy groups -OCH3 is 5. The first kappa shape index (κ1) is 31.7. The Balaban J connectivity index is 1.39. The van der Waals surface area contributed by atoms with Crippen molar-refractivity contribution in [2.24, 2.45) is 0 Å². The second kappa shape index (κ2) is 15.8. The van der Waals surface area contributed by atoms with E-state index in [-0.39, 0.29) is 5.91 Å². The molecule has 0 saturated heterocycles. The van der Waals surface area contributed by atoms with Gasteiger partial charge in [-0.15, -0.1) is 11.3 Å². The van der Waals surface area contributed by atoms with Crippen molar-refractivity contribution in [3.63, 3.8) is 0 Å². The van der Waals surface area contributed by atoms with E-state index in [0.29, 0.717) is 48.2 Å². The summed E-state index contributed by atoms with van der Waals surface area (Å²) in [5.41, 5.74) is 3.78. The number of carbonyl (C=O) groups is 1. The first-order valence-corrected chi connectivity index (χ1v) is 14.8. The Kier molecular flexibility index (Phi) is 11.6. The van der Waals surface area contributed by atoms with Gasteiger partial charge in [-0.05, 0) is 65.9 Å². The number of aromatic nitrogens is 1. The van der Waals surface area contributed by atoms with Crippen LogP contribution < -0.4 is 29.0 Å². The standard InChI is InChI=1S/C33H39N3O6S/c1-38-26-10-6-25(7-11-26)20-36(17-15-24-9-13-29(40-3)31(19-24)42-5)21-32-35-27(22-43-32)33(37)34-16-14-23-8-12-28(39-2)30(18-23)41-4/h6-13,18-19,22H,14-17,20-21H2,1-5H3,(H,34,37). The molecule has 0 radical (unpaired) electrons. The number of amides is 1. The minimum atomic E-state index is -0.185. The van der Waals surface area contributed by atoms with Gasteiger partial charge in [0.05, 0.1) is 42.1 Å². The number of hydrogen-bond acceptors (Lipinski definition) is 9. The average Bonchev–Trinajstić information content (AvgIpc) is 3.52. The Morgan fingerprint density at radius 2 is 1.30 bits per heavy atom. The highest BCUT2D eigenvalue weighted by atomic mass is 32.1. The summed E-state index contributed by atoms with van der Waals surface area (Å²) in [5, 5.41) is 5.68. The molecule has 0 spiro atoms. The number of benzene rings is 3. The maximum Gasteiger partial charge on any atom is 0.270 e. The van der Waals surface area contributed by atoms with E-state index >= 15 is 0 Å². The summed E-state index contributed by atoms with van der Waals surface area (Å²) in [4.78, 5) is 19.9. The van der Waals surface area contributed by atoms with Gasteiger partial charge in [0.25, 0.3) is 5.91 Å². The van der Waals surface area contributed by atoms with Crippen molar-refractivity contribution >= 4 is 17.2 Å². The maximum atomic E-state index is 12.9. The number of hydrogen-bond donors (Lipinski definition) is 1. The van der Waals surface area contributed by atoms with Gasteiger partial charge in [-0.2, -0.15) is 0 Å². The molecule has 0 atom stereocenters. The van der Waals surface area contributed by atoms with E-state index in [1.165, 1.54) is 11.3 Å². The summed E-state index contributed by atoms with van der Waals surface area (Å²) in [6, 6.07) is 19.8. The molecule has 3 aromatic carbocycles. The fraction of sp³-hybridized carbons (Fsp3) is 0.333. The molecule has 0 aliphatic rings. The van der Waals surface area contributed by atoms with E-state index in [2.05, 4.69) is 33.4 Å². The van der Waals surface area contributed by atoms with Crippen LogP contribution >= 0.6 is 11.3 Å². The summed E-state index contributed by atoms with van der Waals surface area (Å²) < 4.78 is 26.9. The summed E-state index contributed by atoms with van der Waals surface area (Å²) in [6.07, 6.45) is 1.47. The normalized spacial score (nSPS) is 10.8. The second-order valence-corrected chi connectivity index (χ2v) is 10.8. The van der Waals surface area contributed by atoms with E-state index in [9.17, 15) is 4.79 Å². The summed E-state index contributed by atoms with van der Waals surface area (Å²) in [6.45, 7) is 2.61. The van der Waals surface area contributed by atoms with Crippen molar-refractivity contribution in [2.75, 3.05) is 48.6 Å². The Bertz CT molecular complexity index is 1470. The molecule has 0 fully saturated rings. The van der Waals surface area contributed by atoms with Gasteiger partial charge in [-0.25, -0.2) is 4.98 Å². The van der Waals surface area contributed by atoms with E-state index < -0.39 is 0 Å². The van der Waals surface area contributed by atoms with Gasteiger partial charge in [0.15, 0.2) is 23.0 Å². The van der Waals surface area contributed by atoms with E-state index in [1.54, 1.807) is 35.5 Å². The van der Waals surface area contributed by atoms with Gasteiger partial charge in [0.2, 0.25) is 0 Å². The molecule has 1 N–H and O–H groups in total. The van der Waals surface area contributed by atoms with Crippen LogP contribution in [0.5, 0.6) is 28.7 Å². The molecule has 4 aromatic rings. The molecule has 0 bridgehead atoms. The predicted molar refractivity (Wildman–Crippen MR) is 168 cm³/mol. The molecule has 1 aromatic heterocycles. The molecule has 10 heteroatoms. The van der Waals surface area contributed by atoms with Crippen LogP contribution in [-0.4, -0.2) is 64.4 Å². The zero-order chi connectivity index (χ0) is 30.6. The van der Waals surface area contributed by atoms with Crippen LogP contribution in [0.25, 0.3) is 0 Å². The molecule has 228 valence electrons. The Morgan fingerprint density at radius 1 is 0.721 bits per heavy atom. The lowest BCUT2D eigenvalue weighted by molar-refractivity contribution is 0.0949. The number of rotatable bonds is 16. The van der Waals surface area contributed by atoms with Crippen LogP contribution in [0.1, 0.15) is 32.2 Å². The smallest absolute Gasteiger partial charge is 0.270 e. The van der Waals surface area contributed by atoms with Crippen molar-refractivity contribution in [1.82, 2.24) is 15.2 Å². The summed E-state index contributed by atoms with van der Waals surface area (Å²) >= 11 is 1.49. The minimum absolute atomic E-state index is 0.185. The first-order valence-electron chi connectivity index (χ1n) is 14.0. The van der Waals surface area contributed by atoms with Crippen LogP contribution in [0.3, 0.4) is 0 Å². The topological polar surface area (TPSA) is 91.4 Å². The lowest BCUT2D eigenvalue weighted by Crippen LogP contribution is -2.27. The third-order valence-electron chi connectivity index (χ3n) is 7.02. The highest BCUT2D eigenvalue weighted by Gasteiger charge is 2.15. The molecule has 1 amide bonds. The fourth-order valence-corrected chi connectivity index (χ4v) is 5.47. The molecule has 9 nitrogen and oxygen atoms in total. The molecule has 0 aliphatic carbocycles. The highest BCUT2D eigenvalue weighted by Crippen LogP contribution is 2.29. The monoisotopic (exact) mass is 605 g/mol. The van der Waals surface area contributed by atoms with E-state index in [4.69, 9.17) is 23.7 Å². The number of carbonyl (C=O) groups excluding carboxylic acids is 1. The molecule has 0 unspecified atom stereocenters. The molecule has 43 heavy (non-hydrogen) atoms. The van der Waals surface area contributed by atoms with Crippen molar-refractivity contribution in [2.45, 2.75) is 25.9 Å². The molecule has 0 saturated carbocycles. The van der Waals surface area contributed by atoms with Gasteiger partial charge in [0, 0.05) is 25.0 Å². The molecule has 4 rings (SSSR count). The van der Waals surface area contributed by atoms with Crippen molar-refractivity contribution in [3.05, 3.63) is 93.4 Å². The quantitative estimate of drug-likeness (QED) is 0.182. The molecular weight excluding hydrogens is 566 g/mol. The van der Waals surface area contributed by atoms with E-state index in [0.717, 1.165) is 47.0 Å². The Hall–Kier alpha value is -4.28. The van der Waals surface area contributed by atoms with E-state index in [1.807, 2.05) is 47.8 Å². The second-order valence-electron chi connectivity index (χ2n) is 9.82. The summed E-state index contributed by atoms with van der Waals surface area (Å²) in [7, 11) is 8.16. The van der Waals surface area contributed by atoms with Crippen LogP contribution in [0.15, 0.2) is 66.0 Å². The van der Waals surface area contributed by atoms with Gasteiger partial charge >= 0.3 is 0 Å². The van der Waals surface area contributed by atoms with Crippen molar-refractivity contribution in [3.8, 4) is 28.7 Å². The molecule has 1 heterocycles. The number of nitrogens with one attached hydrogen (secondary N) is 1. The SMILES string of the molecule is COc1ccc(CN(CCc2ccc(OC)c(OC)c2)Cc2nc(C(=O)NCCc3ccc(OC)c(OC)c3)cs2)cc1. The fourth-order valence-electron chi connectivity index (χ4n) is 4.65. The van der Waals surface area contributed by atoms with Gasteiger partial charge in [-0.1, -0.05) is 24.3 Å². The Labute approximate surface area is 257 Å². The minimum Gasteiger partial charge on any atom is -0.497 e. The van der Waals surface area contributed by atoms with Gasteiger partial charge in [-0.3, -0.25) is 9.69 Å². The third kappa shape index (κ3) is 8.86. The molecule has 0 aliphatic heterocycles. The predicted octanol–water partition coefficient (Wildman–Crippen LogP) is 5.40. The number of ether oxygens (including phenoxy) is 5. The first-order chi connectivity index (χ1) is 21.0. The highest BCUT2D eigenvalue weighted by molar-refractivity contribution is 7.09. The summed E-state index contributed by atoms with van der Waals surface area (Å²) in [5.74, 6) is 3.40. The van der Waals surface area contributed by atoms with Crippen molar-refractivity contribution in [1.29, 1.82) is 0 Å². The zero-order valence-corrected chi connectivity index (χ0v) is 26.2.